The highest BCUT2D eigenvalue weighted by molar-refractivity contribution is 5.93. The number of imidazole rings is 1. The van der Waals surface area contributed by atoms with Crippen molar-refractivity contribution in [2.75, 3.05) is 6.54 Å². The summed E-state index contributed by atoms with van der Waals surface area (Å²) in [4.78, 5) is 29.0. The van der Waals surface area contributed by atoms with Gasteiger partial charge in [-0.1, -0.05) is 0 Å². The molecular weight excluding hydrogens is 220 g/mol. The van der Waals surface area contributed by atoms with Crippen LogP contribution in [0, 0.1) is 0 Å². The smallest absolute Gasteiger partial charge is 0.251 e. The van der Waals surface area contributed by atoms with Gasteiger partial charge in [-0.15, -0.1) is 0 Å². The van der Waals surface area contributed by atoms with Gasteiger partial charge < -0.3 is 14.9 Å². The van der Waals surface area contributed by atoms with E-state index in [1.54, 1.807) is 18.6 Å². The Morgan fingerprint density at radius 2 is 2.41 bits per heavy atom. The van der Waals surface area contributed by atoms with Gasteiger partial charge in [0.1, 0.15) is 0 Å². The van der Waals surface area contributed by atoms with Crippen LogP contribution in [0.5, 0.6) is 0 Å². The molecule has 2 aromatic rings. The van der Waals surface area contributed by atoms with Gasteiger partial charge in [0.15, 0.2) is 0 Å². The van der Waals surface area contributed by atoms with Crippen molar-refractivity contribution >= 4 is 5.91 Å². The molecule has 0 bridgehead atoms. The van der Waals surface area contributed by atoms with Gasteiger partial charge in [-0.25, -0.2) is 4.98 Å². The molecule has 88 valence electrons. The topological polar surface area (TPSA) is 79.8 Å². The Bertz CT molecular complexity index is 545. The van der Waals surface area contributed by atoms with E-state index in [0.29, 0.717) is 18.7 Å². The zero-order valence-electron chi connectivity index (χ0n) is 9.09. The van der Waals surface area contributed by atoms with E-state index in [2.05, 4.69) is 15.3 Å². The van der Waals surface area contributed by atoms with Crippen molar-refractivity contribution in [3.63, 3.8) is 0 Å². The Hall–Kier alpha value is -2.37. The van der Waals surface area contributed by atoms with Crippen LogP contribution in [-0.4, -0.2) is 27.0 Å². The number of rotatable bonds is 4. The molecule has 0 aliphatic rings. The van der Waals surface area contributed by atoms with Crippen molar-refractivity contribution in [2.45, 2.75) is 6.54 Å². The summed E-state index contributed by atoms with van der Waals surface area (Å²) in [5.41, 5.74) is 0.0756. The monoisotopic (exact) mass is 232 g/mol. The van der Waals surface area contributed by atoms with Crippen LogP contribution >= 0.6 is 0 Å². The molecule has 6 nitrogen and oxygen atoms in total. The number of nitrogens with zero attached hydrogens (tertiary/aromatic N) is 2. The number of H-pyrrole nitrogens is 1. The third-order valence-corrected chi connectivity index (χ3v) is 2.25. The summed E-state index contributed by atoms with van der Waals surface area (Å²) >= 11 is 0. The average molecular weight is 232 g/mol. The second-order valence-corrected chi connectivity index (χ2v) is 3.50. The molecule has 0 spiro atoms. The van der Waals surface area contributed by atoms with Crippen LogP contribution in [0.4, 0.5) is 0 Å². The zero-order chi connectivity index (χ0) is 12.1. The Morgan fingerprint density at radius 1 is 1.53 bits per heavy atom. The highest BCUT2D eigenvalue weighted by Crippen LogP contribution is 1.92. The Labute approximate surface area is 97.3 Å². The number of pyridine rings is 1. The lowest BCUT2D eigenvalue weighted by atomic mass is 10.2. The van der Waals surface area contributed by atoms with Crippen LogP contribution in [0.15, 0.2) is 41.8 Å². The van der Waals surface area contributed by atoms with Crippen LogP contribution in [-0.2, 0) is 6.54 Å². The first-order valence-electron chi connectivity index (χ1n) is 5.18. The molecule has 0 atom stereocenters. The predicted molar refractivity (Wildman–Crippen MR) is 61.6 cm³/mol. The lowest BCUT2D eigenvalue weighted by Gasteiger charge is -2.05. The van der Waals surface area contributed by atoms with Crippen molar-refractivity contribution < 1.29 is 4.79 Å². The van der Waals surface area contributed by atoms with Crippen LogP contribution < -0.4 is 10.9 Å². The number of carbonyl (C=O) groups excluding carboxylic acids is 1. The van der Waals surface area contributed by atoms with E-state index in [-0.39, 0.29) is 11.5 Å². The summed E-state index contributed by atoms with van der Waals surface area (Å²) < 4.78 is 1.86. The van der Waals surface area contributed by atoms with E-state index in [1.165, 1.54) is 12.3 Å². The SMILES string of the molecule is O=C(NCCn1ccnc1)c1cc[nH]c(=O)c1. The predicted octanol–water partition coefficient (Wildman–Crippen LogP) is 0.00140. The molecule has 0 aliphatic heterocycles. The van der Waals surface area contributed by atoms with E-state index in [4.69, 9.17) is 0 Å². The molecule has 2 heterocycles. The largest absolute Gasteiger partial charge is 0.350 e. The second kappa shape index (κ2) is 5.11. The van der Waals surface area contributed by atoms with Crippen LogP contribution in [0.3, 0.4) is 0 Å². The normalized spacial score (nSPS) is 10.1. The quantitative estimate of drug-likeness (QED) is 0.778. The summed E-state index contributed by atoms with van der Waals surface area (Å²) in [6, 6.07) is 2.83. The van der Waals surface area contributed by atoms with Gasteiger partial charge in [-0.3, -0.25) is 9.59 Å². The van der Waals surface area contributed by atoms with Crippen molar-refractivity contribution in [2.24, 2.45) is 0 Å². The Balaban J connectivity index is 1.87. The third-order valence-electron chi connectivity index (χ3n) is 2.25. The second-order valence-electron chi connectivity index (χ2n) is 3.50. The summed E-state index contributed by atoms with van der Waals surface area (Å²) in [6.07, 6.45) is 6.63. The maximum atomic E-state index is 11.6. The van der Waals surface area contributed by atoms with Gasteiger partial charge >= 0.3 is 0 Å². The van der Waals surface area contributed by atoms with E-state index < -0.39 is 0 Å². The molecule has 0 unspecified atom stereocenters. The maximum Gasteiger partial charge on any atom is 0.251 e. The van der Waals surface area contributed by atoms with Gasteiger partial charge in [0.05, 0.1) is 6.33 Å². The summed E-state index contributed by atoms with van der Waals surface area (Å²) in [7, 11) is 0. The Kier molecular flexibility index (Phi) is 3.34. The summed E-state index contributed by atoms with van der Waals surface area (Å²) in [6.45, 7) is 1.14. The number of aromatic nitrogens is 3. The number of nitrogens with one attached hydrogen (secondary N) is 2. The molecule has 6 heteroatoms. The van der Waals surface area contributed by atoms with Crippen LogP contribution in [0.2, 0.25) is 0 Å². The molecule has 0 fully saturated rings. The van der Waals surface area contributed by atoms with Gasteiger partial charge in [0.25, 0.3) is 5.91 Å². The van der Waals surface area contributed by atoms with E-state index >= 15 is 0 Å². The first kappa shape index (κ1) is 11.1. The number of hydrogen-bond donors (Lipinski definition) is 2. The molecule has 0 aliphatic carbocycles. The first-order chi connectivity index (χ1) is 8.25. The minimum absolute atomic E-state index is 0.254. The minimum atomic E-state index is -0.285. The van der Waals surface area contributed by atoms with Crippen LogP contribution in [0.1, 0.15) is 10.4 Å². The highest BCUT2D eigenvalue weighted by Gasteiger charge is 2.04. The molecule has 0 saturated carbocycles. The van der Waals surface area contributed by atoms with Crippen molar-refractivity contribution in [3.05, 3.63) is 53.0 Å². The number of amides is 1. The fourth-order valence-corrected chi connectivity index (χ4v) is 1.41. The van der Waals surface area contributed by atoms with Crippen molar-refractivity contribution in [1.82, 2.24) is 19.9 Å². The molecule has 0 radical (unpaired) electrons. The van der Waals surface area contributed by atoms with Gasteiger partial charge in [-0.2, -0.15) is 0 Å². The van der Waals surface area contributed by atoms with Crippen molar-refractivity contribution in [1.29, 1.82) is 0 Å². The lowest BCUT2D eigenvalue weighted by molar-refractivity contribution is 0.0952. The maximum absolute atomic E-state index is 11.6. The fraction of sp³-hybridized carbons (Fsp3) is 0.182. The minimum Gasteiger partial charge on any atom is -0.350 e. The standard InChI is InChI=1S/C11H12N4O2/c16-10-7-9(1-2-13-10)11(17)14-4-6-15-5-3-12-8-15/h1-3,5,7-8H,4,6H2,(H,13,16)(H,14,17). The van der Waals surface area contributed by atoms with E-state index in [9.17, 15) is 9.59 Å². The molecule has 1 amide bonds. The fourth-order valence-electron chi connectivity index (χ4n) is 1.41. The zero-order valence-corrected chi connectivity index (χ0v) is 9.09. The molecule has 17 heavy (non-hydrogen) atoms. The molecule has 2 rings (SSSR count). The average Bonchev–Trinajstić information content (AvgIpc) is 2.82. The third kappa shape index (κ3) is 3.04. The van der Waals surface area contributed by atoms with Crippen molar-refractivity contribution in [3.8, 4) is 0 Å². The molecule has 0 saturated heterocycles. The molecular formula is C11H12N4O2. The summed E-state index contributed by atoms with van der Waals surface area (Å²) in [5.74, 6) is -0.254. The number of carbonyl (C=O) groups is 1. The highest BCUT2D eigenvalue weighted by atomic mass is 16.2. The van der Waals surface area contributed by atoms with E-state index in [0.717, 1.165) is 0 Å². The van der Waals surface area contributed by atoms with Gasteiger partial charge in [0, 0.05) is 43.3 Å². The molecule has 0 aromatic carbocycles. The van der Waals surface area contributed by atoms with Crippen LogP contribution in [0.25, 0.3) is 0 Å². The van der Waals surface area contributed by atoms with Gasteiger partial charge in [-0.05, 0) is 6.07 Å². The van der Waals surface area contributed by atoms with Gasteiger partial charge in [0.2, 0.25) is 5.56 Å². The molecule has 2 N–H and O–H groups in total. The molecule has 2 aromatic heterocycles. The number of aromatic amines is 1. The number of hydrogen-bond acceptors (Lipinski definition) is 3. The van der Waals surface area contributed by atoms with E-state index in [1.807, 2.05) is 10.8 Å². The summed E-state index contributed by atoms with van der Waals surface area (Å²) in [5, 5.41) is 2.72. The Morgan fingerprint density at radius 3 is 3.12 bits per heavy atom. The lowest BCUT2D eigenvalue weighted by Crippen LogP contribution is -2.27. The first-order valence-corrected chi connectivity index (χ1v) is 5.18.